The number of hydrogen-bond acceptors (Lipinski definition) is 4. The Morgan fingerprint density at radius 2 is 1.76 bits per heavy atom. The predicted molar refractivity (Wildman–Crippen MR) is 110 cm³/mol. The summed E-state index contributed by atoms with van der Waals surface area (Å²) in [5.41, 5.74) is 2.85. The molecule has 0 bridgehead atoms. The molecule has 1 atom stereocenters. The third kappa shape index (κ3) is 5.13. The maximum atomic E-state index is 14.0. The van der Waals surface area contributed by atoms with E-state index in [2.05, 4.69) is 5.10 Å². The Morgan fingerprint density at radius 1 is 1.06 bits per heavy atom. The van der Waals surface area contributed by atoms with Crippen molar-refractivity contribution in [1.29, 1.82) is 0 Å². The van der Waals surface area contributed by atoms with Crippen molar-refractivity contribution in [2.75, 3.05) is 0 Å². The minimum absolute atomic E-state index is 0.290. The van der Waals surface area contributed by atoms with Crippen LogP contribution < -0.4 is 15.6 Å². The number of para-hydroxylation sites is 1. The van der Waals surface area contributed by atoms with Gasteiger partial charge in [-0.3, -0.25) is 20.4 Å². The van der Waals surface area contributed by atoms with E-state index in [1.54, 1.807) is 12.1 Å². The molecule has 3 rings (SSSR count). The van der Waals surface area contributed by atoms with E-state index in [4.69, 9.17) is 4.74 Å². The maximum Gasteiger partial charge on any atom is 0.434 e. The van der Waals surface area contributed by atoms with Gasteiger partial charge in [0, 0.05) is 0 Å². The van der Waals surface area contributed by atoms with Gasteiger partial charge in [-0.1, -0.05) is 24.3 Å². The van der Waals surface area contributed by atoms with Gasteiger partial charge in [0.2, 0.25) is 0 Å². The zero-order valence-corrected chi connectivity index (χ0v) is 17.8. The number of amides is 2. The van der Waals surface area contributed by atoms with Crippen molar-refractivity contribution in [2.24, 2.45) is 0 Å². The molecule has 2 amide bonds. The molecule has 0 radical (unpaired) electrons. The molecule has 0 fully saturated rings. The number of rotatable bonds is 5. The second kappa shape index (κ2) is 9.31. The third-order valence-electron chi connectivity index (χ3n) is 4.89. The fourth-order valence-electron chi connectivity index (χ4n) is 2.98. The van der Waals surface area contributed by atoms with E-state index in [9.17, 15) is 27.2 Å². The summed E-state index contributed by atoms with van der Waals surface area (Å²) in [5.74, 6) is -2.57. The highest BCUT2D eigenvalue weighted by molar-refractivity contribution is 5.96. The Bertz CT molecular complexity index is 1190. The van der Waals surface area contributed by atoms with Gasteiger partial charge < -0.3 is 4.74 Å². The smallest absolute Gasteiger partial charge is 0.434 e. The molecule has 1 unspecified atom stereocenters. The summed E-state index contributed by atoms with van der Waals surface area (Å²) in [6.07, 6.45) is -5.45. The molecular formula is C22H20F4N4O3. The topological polar surface area (TPSA) is 85.2 Å². The van der Waals surface area contributed by atoms with Crippen molar-refractivity contribution in [1.82, 2.24) is 20.6 Å². The van der Waals surface area contributed by atoms with Crippen LogP contribution in [-0.4, -0.2) is 27.7 Å². The molecule has 174 valence electrons. The number of nitrogens with zero attached hydrogens (tertiary/aromatic N) is 2. The molecule has 0 spiro atoms. The van der Waals surface area contributed by atoms with Crippen molar-refractivity contribution in [3.8, 4) is 11.4 Å². The van der Waals surface area contributed by atoms with Crippen LogP contribution >= 0.6 is 0 Å². The summed E-state index contributed by atoms with van der Waals surface area (Å²) in [6.45, 7) is 5.09. The fraction of sp³-hybridized carbons (Fsp3) is 0.227. The van der Waals surface area contributed by atoms with Crippen LogP contribution in [0.1, 0.15) is 34.1 Å². The Morgan fingerprint density at radius 3 is 2.42 bits per heavy atom. The summed E-state index contributed by atoms with van der Waals surface area (Å²) < 4.78 is 61.0. The normalized spacial score (nSPS) is 12.2. The van der Waals surface area contributed by atoms with Crippen molar-refractivity contribution < 1.29 is 31.9 Å². The van der Waals surface area contributed by atoms with E-state index in [0.717, 1.165) is 23.3 Å². The molecule has 11 heteroatoms. The van der Waals surface area contributed by atoms with Crippen LogP contribution in [-0.2, 0) is 11.0 Å². The number of aryl methyl sites for hydroxylation is 1. The molecular weight excluding hydrogens is 444 g/mol. The number of nitrogens with one attached hydrogen (secondary N) is 2. The average molecular weight is 464 g/mol. The number of aromatic nitrogens is 2. The van der Waals surface area contributed by atoms with Crippen LogP contribution in [0, 0.1) is 19.7 Å². The predicted octanol–water partition coefficient (Wildman–Crippen LogP) is 3.88. The molecule has 0 saturated carbocycles. The number of hydrogen-bond donors (Lipinski definition) is 2. The van der Waals surface area contributed by atoms with E-state index < -0.39 is 46.9 Å². The van der Waals surface area contributed by atoms with Gasteiger partial charge in [0.1, 0.15) is 17.3 Å². The number of hydrazine groups is 1. The molecule has 1 aromatic heterocycles. The first kappa shape index (κ1) is 23.8. The summed E-state index contributed by atoms with van der Waals surface area (Å²) >= 11 is 0. The number of carbonyl (C=O) groups is 2. The van der Waals surface area contributed by atoms with Gasteiger partial charge in [-0.05, 0) is 50.1 Å². The molecule has 3 aromatic rings. The van der Waals surface area contributed by atoms with E-state index in [1.807, 2.05) is 30.8 Å². The van der Waals surface area contributed by atoms with Crippen molar-refractivity contribution in [2.45, 2.75) is 33.1 Å². The first-order chi connectivity index (χ1) is 15.5. The highest BCUT2D eigenvalue weighted by Gasteiger charge is 2.41. The number of carbonyl (C=O) groups excluding carboxylic acids is 2. The first-order valence-corrected chi connectivity index (χ1v) is 9.74. The van der Waals surface area contributed by atoms with E-state index >= 15 is 0 Å². The largest absolute Gasteiger partial charge is 0.481 e. The Balaban J connectivity index is 1.76. The molecule has 0 aliphatic heterocycles. The maximum absolute atomic E-state index is 14.0. The number of alkyl halides is 3. The van der Waals surface area contributed by atoms with Crippen LogP contribution in [0.5, 0.6) is 5.75 Å². The van der Waals surface area contributed by atoms with Gasteiger partial charge in [-0.2, -0.15) is 18.3 Å². The Labute approximate surface area is 186 Å². The number of benzene rings is 2. The van der Waals surface area contributed by atoms with Gasteiger partial charge in [0.05, 0.1) is 11.8 Å². The molecule has 0 saturated heterocycles. The summed E-state index contributed by atoms with van der Waals surface area (Å²) in [7, 11) is 0. The second-order valence-electron chi connectivity index (χ2n) is 7.17. The summed E-state index contributed by atoms with van der Waals surface area (Å²) in [6, 6.07) is 9.97. The summed E-state index contributed by atoms with van der Waals surface area (Å²) in [5, 5.41) is 3.53. The zero-order chi connectivity index (χ0) is 24.3. The Hall–Kier alpha value is -3.89. The Kier molecular flexibility index (Phi) is 6.70. The lowest BCUT2D eigenvalue weighted by atomic mass is 10.1. The van der Waals surface area contributed by atoms with Gasteiger partial charge >= 0.3 is 6.18 Å². The van der Waals surface area contributed by atoms with Gasteiger partial charge in [0.25, 0.3) is 11.8 Å². The molecule has 2 N–H and O–H groups in total. The van der Waals surface area contributed by atoms with Crippen LogP contribution in [0.15, 0.2) is 48.7 Å². The minimum atomic E-state index is -5.03. The first-order valence-electron chi connectivity index (χ1n) is 9.74. The van der Waals surface area contributed by atoms with E-state index in [0.29, 0.717) is 11.9 Å². The van der Waals surface area contributed by atoms with Gasteiger partial charge in [0.15, 0.2) is 11.8 Å². The standard InChI is InChI=1S/C22H20F4N4O3/c1-12-7-6-10-18(13(12)2)33-14(3)20(31)28-29-21(32)15-11-27-30(19(15)22(24,25)26)17-9-5-4-8-16(17)23/h4-11,14H,1-3H3,(H,28,31)(H,29,32). The molecule has 0 aliphatic carbocycles. The van der Waals surface area contributed by atoms with Crippen LogP contribution in [0.2, 0.25) is 0 Å². The number of halogens is 4. The lowest BCUT2D eigenvalue weighted by Gasteiger charge is -2.17. The van der Waals surface area contributed by atoms with Crippen LogP contribution in [0.3, 0.4) is 0 Å². The molecule has 7 nitrogen and oxygen atoms in total. The molecule has 1 heterocycles. The van der Waals surface area contributed by atoms with Crippen LogP contribution in [0.25, 0.3) is 5.69 Å². The lowest BCUT2D eigenvalue weighted by molar-refractivity contribution is -0.143. The van der Waals surface area contributed by atoms with E-state index in [1.165, 1.54) is 19.1 Å². The van der Waals surface area contributed by atoms with Crippen LogP contribution in [0.4, 0.5) is 17.6 Å². The summed E-state index contributed by atoms with van der Waals surface area (Å²) in [4.78, 5) is 24.7. The highest BCUT2D eigenvalue weighted by Crippen LogP contribution is 2.34. The SMILES string of the molecule is Cc1cccc(OC(C)C(=O)NNC(=O)c2cnn(-c3ccccc3F)c2C(F)(F)F)c1C. The number of ether oxygens (including phenoxy) is 1. The van der Waals surface area contributed by atoms with E-state index in [-0.39, 0.29) is 4.68 Å². The van der Waals surface area contributed by atoms with Crippen molar-refractivity contribution in [3.05, 3.63) is 76.9 Å². The highest BCUT2D eigenvalue weighted by atomic mass is 19.4. The van der Waals surface area contributed by atoms with Gasteiger partial charge in [-0.15, -0.1) is 0 Å². The van der Waals surface area contributed by atoms with Gasteiger partial charge in [-0.25, -0.2) is 9.07 Å². The monoisotopic (exact) mass is 464 g/mol. The van der Waals surface area contributed by atoms with Crippen molar-refractivity contribution >= 4 is 11.8 Å². The molecule has 2 aromatic carbocycles. The molecule has 0 aliphatic rings. The van der Waals surface area contributed by atoms with Crippen molar-refractivity contribution in [3.63, 3.8) is 0 Å². The zero-order valence-electron chi connectivity index (χ0n) is 17.8. The molecule has 33 heavy (non-hydrogen) atoms. The second-order valence-corrected chi connectivity index (χ2v) is 7.17. The fourth-order valence-corrected chi connectivity index (χ4v) is 2.98. The average Bonchev–Trinajstić information content (AvgIpc) is 3.21. The lowest BCUT2D eigenvalue weighted by Crippen LogP contribution is -2.47. The third-order valence-corrected chi connectivity index (χ3v) is 4.89. The minimum Gasteiger partial charge on any atom is -0.481 e. The quantitative estimate of drug-likeness (QED) is 0.444.